The Bertz CT molecular complexity index is 1320. The predicted octanol–water partition coefficient (Wildman–Crippen LogP) is 10.5. The van der Waals surface area contributed by atoms with Crippen molar-refractivity contribution in [3.05, 3.63) is 72.9 Å². The molecule has 348 valence electrons. The minimum Gasteiger partial charge on any atom is -0.394 e. The topological polar surface area (TPSA) is 145 Å². The van der Waals surface area contributed by atoms with Crippen molar-refractivity contribution >= 4 is 29.4 Å². The summed E-state index contributed by atoms with van der Waals surface area (Å²) >= 11 is 0. The van der Waals surface area contributed by atoms with E-state index in [2.05, 4.69) is 104 Å². The Morgan fingerprint density at radius 2 is 1.13 bits per heavy atom. The first-order chi connectivity index (χ1) is 29.1. The molecule has 0 saturated heterocycles. The normalized spacial score (nSPS) is 13.3. The summed E-state index contributed by atoms with van der Waals surface area (Å²) in [5, 5.41) is 17.6. The Hall–Kier alpha value is -4.05. The lowest BCUT2D eigenvalue weighted by Gasteiger charge is -2.26. The molecule has 4 amide bonds. The lowest BCUT2D eigenvalue weighted by Crippen LogP contribution is -2.37. The zero-order chi connectivity index (χ0) is 44.5. The number of aliphatic hydroxyl groups is 1. The average Bonchev–Trinajstić information content (AvgIpc) is 4.06. The molecule has 1 aliphatic carbocycles. The van der Waals surface area contributed by atoms with Gasteiger partial charge in [-0.15, -0.1) is 0 Å². The van der Waals surface area contributed by atoms with Gasteiger partial charge in [-0.2, -0.15) is 0 Å². The van der Waals surface area contributed by atoms with E-state index < -0.39 is 5.91 Å². The first kappa shape index (κ1) is 59.0. The molecule has 0 aromatic heterocycles. The molecule has 1 unspecified atom stereocenters. The summed E-state index contributed by atoms with van der Waals surface area (Å²) in [4.78, 5) is 60.5. The summed E-state index contributed by atoms with van der Waals surface area (Å²) < 4.78 is 0. The molecule has 61 heavy (non-hydrogen) atoms. The first-order valence-electron chi connectivity index (χ1n) is 23.3. The highest BCUT2D eigenvalue weighted by molar-refractivity contribution is 6.36. The van der Waals surface area contributed by atoms with E-state index in [1.54, 1.807) is 0 Å². The van der Waals surface area contributed by atoms with Crippen LogP contribution in [0.15, 0.2) is 72.9 Å². The van der Waals surface area contributed by atoms with E-state index in [0.717, 1.165) is 122 Å². The summed E-state index contributed by atoms with van der Waals surface area (Å²) in [5.74, 6) is -0.293. The Labute approximate surface area is 372 Å². The van der Waals surface area contributed by atoms with Crippen LogP contribution in [0.1, 0.15) is 183 Å². The summed E-state index contributed by atoms with van der Waals surface area (Å²) in [6.45, 7) is 11.6. The predicted molar refractivity (Wildman–Crippen MR) is 256 cm³/mol. The second kappa shape index (κ2) is 42.6. The molecule has 0 aromatic rings. The second-order valence-electron chi connectivity index (χ2n) is 15.8. The zero-order valence-electron chi connectivity index (χ0n) is 38.3. The molecule has 10 nitrogen and oxygen atoms in total. The van der Waals surface area contributed by atoms with Crippen molar-refractivity contribution in [2.45, 2.75) is 201 Å². The highest BCUT2D eigenvalue weighted by atomic mass is 16.3. The SMILES string of the molecule is C.CCCCC(=O)C(=O)NCC/C=C\C/C=C\C/C=C\CCCC(=O)NC1CC1.CCCCCC(=O)N(CC/C=C\C/C=C\C/C=C\CCCC(=O)NC(CC)CO)C(C)C. The molecule has 1 aliphatic rings. The second-order valence-corrected chi connectivity index (χ2v) is 15.8. The van der Waals surface area contributed by atoms with Gasteiger partial charge in [-0.05, 0) is 110 Å². The lowest BCUT2D eigenvalue weighted by atomic mass is 10.1. The third-order valence-electron chi connectivity index (χ3n) is 9.74. The number of amides is 4. The maximum atomic E-state index is 12.3. The van der Waals surface area contributed by atoms with E-state index in [1.807, 2.05) is 24.8 Å². The van der Waals surface area contributed by atoms with Crippen molar-refractivity contribution in [2.75, 3.05) is 19.7 Å². The van der Waals surface area contributed by atoms with Gasteiger partial charge in [0.25, 0.3) is 5.91 Å². The largest absolute Gasteiger partial charge is 0.394 e. The van der Waals surface area contributed by atoms with Gasteiger partial charge in [0, 0.05) is 50.9 Å². The van der Waals surface area contributed by atoms with Crippen LogP contribution in [0.4, 0.5) is 0 Å². The third kappa shape index (κ3) is 38.6. The fraction of sp³-hybridized carbons (Fsp3) is 0.667. The minimum atomic E-state index is -0.461. The number of hydrogen-bond donors (Lipinski definition) is 4. The van der Waals surface area contributed by atoms with E-state index >= 15 is 0 Å². The summed E-state index contributed by atoms with van der Waals surface area (Å²) in [6.07, 6.45) is 44.3. The molecule has 1 fully saturated rings. The summed E-state index contributed by atoms with van der Waals surface area (Å²) in [5.41, 5.74) is 0. The summed E-state index contributed by atoms with van der Waals surface area (Å²) in [6, 6.07) is 0.595. The van der Waals surface area contributed by atoms with Crippen molar-refractivity contribution < 1.29 is 29.1 Å². The van der Waals surface area contributed by atoms with Crippen LogP contribution in [0.2, 0.25) is 0 Å². The van der Waals surface area contributed by atoms with Crippen LogP contribution in [0.3, 0.4) is 0 Å². The van der Waals surface area contributed by atoms with E-state index in [1.165, 1.54) is 0 Å². The Balaban J connectivity index is 0. The number of Topliss-reactive ketones (excluding diaryl/α,β-unsaturated/α-hetero) is 1. The number of aliphatic hydroxyl groups excluding tert-OH is 1. The molecular formula is C51H88N4O6. The minimum absolute atomic E-state index is 0. The number of carbonyl (C=O) groups is 5. The number of nitrogens with one attached hydrogen (secondary N) is 3. The molecule has 0 spiro atoms. The Kier molecular flexibility index (Phi) is 41.3. The highest BCUT2D eigenvalue weighted by Crippen LogP contribution is 2.18. The van der Waals surface area contributed by atoms with Gasteiger partial charge in [-0.25, -0.2) is 0 Å². The maximum Gasteiger partial charge on any atom is 0.287 e. The molecule has 4 N–H and O–H groups in total. The first-order valence-corrected chi connectivity index (χ1v) is 23.3. The molecule has 1 rings (SSSR count). The van der Waals surface area contributed by atoms with Crippen LogP contribution >= 0.6 is 0 Å². The smallest absolute Gasteiger partial charge is 0.287 e. The quantitative estimate of drug-likeness (QED) is 0.0284. The molecular weight excluding hydrogens is 765 g/mol. The van der Waals surface area contributed by atoms with Crippen molar-refractivity contribution in [3.63, 3.8) is 0 Å². The van der Waals surface area contributed by atoms with E-state index in [9.17, 15) is 24.0 Å². The van der Waals surface area contributed by atoms with Crippen molar-refractivity contribution in [1.29, 1.82) is 0 Å². The highest BCUT2D eigenvalue weighted by Gasteiger charge is 2.22. The van der Waals surface area contributed by atoms with Gasteiger partial charge in [-0.1, -0.05) is 120 Å². The molecule has 0 heterocycles. The van der Waals surface area contributed by atoms with Crippen LogP contribution in [0.25, 0.3) is 0 Å². The van der Waals surface area contributed by atoms with Gasteiger partial charge < -0.3 is 26.0 Å². The van der Waals surface area contributed by atoms with E-state index in [0.29, 0.717) is 38.3 Å². The maximum absolute atomic E-state index is 12.3. The number of unbranched alkanes of at least 4 members (excludes halogenated alkanes) is 5. The van der Waals surface area contributed by atoms with Crippen LogP contribution in [0.5, 0.6) is 0 Å². The standard InChI is InChI=1S/C27H48N2O3.C23H36N2O3.CH4/c1-5-7-17-21-27(32)29(24(3)4)22-19-16-14-12-10-8-9-11-13-15-18-20-26(31)28-25(6-2)23-30;1-2-3-15-21(26)23(28)24-19-14-12-10-8-6-4-5-7-9-11-13-16-22(27)25-20-17-18-20;/h8,10-11,13-14,16,24-25,30H,5-7,9,12,15,17-23H2,1-4H3,(H,28,31);4,6-7,9-10,12,20H,2-3,5,8,11,13-19H2,1H3,(H,24,28)(H,25,27);1H4/b10-8-,13-11-,16-14-;6-4-,9-7-,12-10-;. The van der Waals surface area contributed by atoms with Crippen molar-refractivity contribution in [1.82, 2.24) is 20.9 Å². The molecule has 0 aliphatic heterocycles. The number of allylic oxidation sites excluding steroid dienone is 10. The molecule has 0 radical (unpaired) electrons. The monoisotopic (exact) mass is 853 g/mol. The Morgan fingerprint density at radius 3 is 1.62 bits per heavy atom. The Morgan fingerprint density at radius 1 is 0.623 bits per heavy atom. The van der Waals surface area contributed by atoms with Crippen LogP contribution in [-0.4, -0.2) is 77.2 Å². The molecule has 10 heteroatoms. The van der Waals surface area contributed by atoms with E-state index in [-0.39, 0.29) is 49.6 Å². The van der Waals surface area contributed by atoms with Gasteiger partial charge >= 0.3 is 0 Å². The zero-order valence-corrected chi connectivity index (χ0v) is 38.3. The summed E-state index contributed by atoms with van der Waals surface area (Å²) in [7, 11) is 0. The molecule has 1 atom stereocenters. The van der Waals surface area contributed by atoms with Gasteiger partial charge in [0.2, 0.25) is 23.5 Å². The third-order valence-corrected chi connectivity index (χ3v) is 9.74. The number of hydrogen-bond acceptors (Lipinski definition) is 6. The number of ketones is 1. The van der Waals surface area contributed by atoms with Crippen LogP contribution in [0, 0.1) is 0 Å². The lowest BCUT2D eigenvalue weighted by molar-refractivity contribution is -0.137. The molecule has 0 aromatic carbocycles. The van der Waals surface area contributed by atoms with Gasteiger partial charge in [0.15, 0.2) is 0 Å². The molecule has 1 saturated carbocycles. The average molecular weight is 853 g/mol. The molecule has 0 bridgehead atoms. The van der Waals surface area contributed by atoms with Crippen LogP contribution in [-0.2, 0) is 24.0 Å². The number of rotatable bonds is 35. The fourth-order valence-corrected chi connectivity index (χ4v) is 5.79. The van der Waals surface area contributed by atoms with Gasteiger partial charge in [0.05, 0.1) is 12.6 Å². The van der Waals surface area contributed by atoms with Crippen molar-refractivity contribution in [2.24, 2.45) is 0 Å². The van der Waals surface area contributed by atoms with Crippen molar-refractivity contribution in [3.8, 4) is 0 Å². The fourth-order valence-electron chi connectivity index (χ4n) is 5.79. The number of carbonyl (C=O) groups excluding carboxylic acids is 5. The van der Waals surface area contributed by atoms with Gasteiger partial charge in [0.1, 0.15) is 0 Å². The number of nitrogens with zero attached hydrogens (tertiary/aromatic N) is 1. The van der Waals surface area contributed by atoms with Gasteiger partial charge in [-0.3, -0.25) is 24.0 Å². The van der Waals surface area contributed by atoms with Crippen LogP contribution < -0.4 is 16.0 Å². The van der Waals surface area contributed by atoms with E-state index in [4.69, 9.17) is 5.11 Å².